The number of nitrogen functional groups attached to an aromatic ring is 1. The minimum atomic E-state index is -4.03. The van der Waals surface area contributed by atoms with E-state index in [1.54, 1.807) is 0 Å². The Hall–Kier alpha value is -2.25. The monoisotopic (exact) mass is 441 g/mol. The lowest BCUT2D eigenvalue weighted by Gasteiger charge is -2.42. The van der Waals surface area contributed by atoms with Gasteiger partial charge in [-0.2, -0.15) is 0 Å². The summed E-state index contributed by atoms with van der Waals surface area (Å²) in [5, 5.41) is 0.848. The molecule has 0 bridgehead atoms. The zero-order valence-electron chi connectivity index (χ0n) is 17.4. The van der Waals surface area contributed by atoms with Gasteiger partial charge in [0.15, 0.2) is 0 Å². The molecule has 164 valence electrons. The third kappa shape index (κ3) is 4.26. The Labute approximate surface area is 181 Å². The molecule has 3 heterocycles. The highest BCUT2D eigenvalue weighted by Crippen LogP contribution is 2.43. The molecule has 3 aromatic rings. The summed E-state index contributed by atoms with van der Waals surface area (Å²) in [6.07, 6.45) is 7.42. The number of likely N-dealkylation sites (tertiary alicyclic amines) is 1. The summed E-state index contributed by atoms with van der Waals surface area (Å²) in [4.78, 5) is 29.7. The molecule has 2 fully saturated rings. The van der Waals surface area contributed by atoms with E-state index in [1.165, 1.54) is 32.4 Å². The van der Waals surface area contributed by atoms with Crippen molar-refractivity contribution < 1.29 is 14.4 Å². The van der Waals surface area contributed by atoms with E-state index in [2.05, 4.69) is 25.6 Å². The summed E-state index contributed by atoms with van der Waals surface area (Å²) in [5.41, 5.74) is 9.94. The van der Waals surface area contributed by atoms with Crippen LogP contribution in [0.1, 0.15) is 30.9 Å². The molecule has 0 radical (unpaired) electrons. The second kappa shape index (κ2) is 8.02. The first-order valence-electron chi connectivity index (χ1n) is 10.8. The number of hydrogen-bond acceptors (Lipinski definition) is 5. The number of benzene rings is 1. The standard InChI is InChI=1S/C22H28N5O3P/c23-21-20-19(17-4-1-3-15(9-17)5-8-31(28,29)30)13-27(22(20)25-14-24-21)18-10-16(11-18)12-26-6-2-7-26/h1,3-4,9,13-14,16,18H,2,5-8,10-12H2,(H2,23,24,25)(H2,28,29,30). The van der Waals surface area contributed by atoms with Crippen LogP contribution in [0.5, 0.6) is 0 Å². The van der Waals surface area contributed by atoms with E-state index in [-0.39, 0.29) is 6.16 Å². The molecule has 31 heavy (non-hydrogen) atoms. The van der Waals surface area contributed by atoms with Crippen molar-refractivity contribution in [2.24, 2.45) is 5.92 Å². The number of aryl methyl sites for hydroxylation is 1. The van der Waals surface area contributed by atoms with Gasteiger partial charge in [0.05, 0.1) is 11.5 Å². The number of rotatable bonds is 7. The zero-order valence-corrected chi connectivity index (χ0v) is 18.3. The second-order valence-electron chi connectivity index (χ2n) is 8.89. The van der Waals surface area contributed by atoms with Gasteiger partial charge in [0.2, 0.25) is 0 Å². The van der Waals surface area contributed by atoms with Crippen LogP contribution in [-0.2, 0) is 11.0 Å². The van der Waals surface area contributed by atoms with Gasteiger partial charge in [0.25, 0.3) is 0 Å². The van der Waals surface area contributed by atoms with Crippen LogP contribution in [-0.4, -0.2) is 55.0 Å². The van der Waals surface area contributed by atoms with Crippen molar-refractivity contribution in [3.05, 3.63) is 42.4 Å². The summed E-state index contributed by atoms with van der Waals surface area (Å²) in [6, 6.07) is 8.20. The fourth-order valence-electron chi connectivity index (χ4n) is 4.78. The lowest BCUT2D eigenvalue weighted by Crippen LogP contribution is -2.43. The fourth-order valence-corrected chi connectivity index (χ4v) is 5.33. The van der Waals surface area contributed by atoms with Crippen molar-refractivity contribution in [1.29, 1.82) is 0 Å². The highest BCUT2D eigenvalue weighted by Gasteiger charge is 2.34. The molecule has 9 heteroatoms. The minimum absolute atomic E-state index is 0.163. The van der Waals surface area contributed by atoms with Crippen LogP contribution in [0, 0.1) is 5.92 Å². The first kappa shape index (κ1) is 20.6. The van der Waals surface area contributed by atoms with Crippen molar-refractivity contribution in [2.75, 3.05) is 31.5 Å². The van der Waals surface area contributed by atoms with Crippen LogP contribution < -0.4 is 5.73 Å². The maximum Gasteiger partial charge on any atom is 0.325 e. The quantitative estimate of drug-likeness (QED) is 0.482. The van der Waals surface area contributed by atoms with Gasteiger partial charge >= 0.3 is 7.60 Å². The predicted molar refractivity (Wildman–Crippen MR) is 121 cm³/mol. The van der Waals surface area contributed by atoms with Gasteiger partial charge in [-0.05, 0) is 55.8 Å². The molecule has 5 rings (SSSR count). The van der Waals surface area contributed by atoms with Crippen LogP contribution in [0.4, 0.5) is 5.82 Å². The van der Waals surface area contributed by atoms with Crippen LogP contribution in [0.25, 0.3) is 22.2 Å². The van der Waals surface area contributed by atoms with Crippen molar-refractivity contribution >= 4 is 24.4 Å². The Morgan fingerprint density at radius 3 is 2.71 bits per heavy atom. The van der Waals surface area contributed by atoms with Crippen molar-refractivity contribution in [3.8, 4) is 11.1 Å². The van der Waals surface area contributed by atoms with E-state index >= 15 is 0 Å². The molecule has 0 unspecified atom stereocenters. The van der Waals surface area contributed by atoms with E-state index in [4.69, 9.17) is 5.73 Å². The number of fused-ring (bicyclic) bond motifs is 1. The second-order valence-corrected chi connectivity index (χ2v) is 10.7. The van der Waals surface area contributed by atoms with Gasteiger partial charge < -0.3 is 25.0 Å². The van der Waals surface area contributed by atoms with Gasteiger partial charge in [-0.3, -0.25) is 4.57 Å². The third-order valence-corrected chi connectivity index (χ3v) is 7.44. The van der Waals surface area contributed by atoms with E-state index < -0.39 is 7.60 Å². The van der Waals surface area contributed by atoms with E-state index in [1.807, 2.05) is 24.3 Å². The molecule has 1 saturated carbocycles. The molecule has 8 nitrogen and oxygen atoms in total. The molecular formula is C22H28N5O3P. The Morgan fingerprint density at radius 1 is 1.19 bits per heavy atom. The molecule has 0 atom stereocenters. The van der Waals surface area contributed by atoms with Gasteiger partial charge in [-0.1, -0.05) is 24.3 Å². The summed E-state index contributed by atoms with van der Waals surface area (Å²) < 4.78 is 13.5. The Bertz CT molecular complexity index is 1150. The Morgan fingerprint density at radius 2 is 2.00 bits per heavy atom. The molecular weight excluding hydrogens is 413 g/mol. The summed E-state index contributed by atoms with van der Waals surface area (Å²) in [7, 11) is -4.03. The first-order chi connectivity index (χ1) is 14.9. The van der Waals surface area contributed by atoms with Gasteiger partial charge in [0.1, 0.15) is 17.8 Å². The lowest BCUT2D eigenvalue weighted by molar-refractivity contribution is 0.0921. The number of aromatic nitrogens is 3. The molecule has 1 aliphatic carbocycles. The molecule has 2 aliphatic rings. The summed E-state index contributed by atoms with van der Waals surface area (Å²) >= 11 is 0. The predicted octanol–water partition coefficient (Wildman–Crippen LogP) is 3.06. The van der Waals surface area contributed by atoms with Crippen molar-refractivity contribution in [1.82, 2.24) is 19.4 Å². The average Bonchev–Trinajstić information content (AvgIpc) is 3.04. The third-order valence-electron chi connectivity index (χ3n) is 6.64. The van der Waals surface area contributed by atoms with Crippen LogP contribution >= 0.6 is 7.60 Å². The molecule has 0 spiro atoms. The number of anilines is 1. The smallest absolute Gasteiger partial charge is 0.325 e. The number of nitrogens with zero attached hydrogens (tertiary/aromatic N) is 4. The minimum Gasteiger partial charge on any atom is -0.383 e. The van der Waals surface area contributed by atoms with Crippen molar-refractivity contribution in [2.45, 2.75) is 31.7 Å². The van der Waals surface area contributed by atoms with Gasteiger partial charge in [-0.25, -0.2) is 9.97 Å². The Balaban J connectivity index is 1.44. The summed E-state index contributed by atoms with van der Waals surface area (Å²) in [6.45, 7) is 3.67. The van der Waals surface area contributed by atoms with E-state index in [0.717, 1.165) is 46.5 Å². The van der Waals surface area contributed by atoms with Crippen LogP contribution in [0.15, 0.2) is 36.8 Å². The number of hydrogen-bond donors (Lipinski definition) is 3. The maximum absolute atomic E-state index is 11.3. The van der Waals surface area contributed by atoms with Crippen LogP contribution in [0.2, 0.25) is 0 Å². The summed E-state index contributed by atoms with van der Waals surface area (Å²) in [5.74, 6) is 1.19. The molecule has 1 saturated heterocycles. The van der Waals surface area contributed by atoms with Gasteiger partial charge in [-0.15, -0.1) is 0 Å². The average molecular weight is 441 g/mol. The van der Waals surface area contributed by atoms with Gasteiger partial charge in [0, 0.05) is 24.3 Å². The normalized spacial score (nSPS) is 21.7. The van der Waals surface area contributed by atoms with E-state index in [0.29, 0.717) is 18.3 Å². The molecule has 1 aliphatic heterocycles. The SMILES string of the molecule is Nc1ncnc2c1c(-c1cccc(CCP(=O)(O)O)c1)cn2C1CC(CN2CCC2)C1. The van der Waals surface area contributed by atoms with Crippen LogP contribution in [0.3, 0.4) is 0 Å². The first-order valence-corrected chi connectivity index (χ1v) is 12.6. The molecule has 0 amide bonds. The fraction of sp³-hybridized carbons (Fsp3) is 0.455. The molecule has 2 aromatic heterocycles. The highest BCUT2D eigenvalue weighted by atomic mass is 31.2. The van der Waals surface area contributed by atoms with E-state index in [9.17, 15) is 14.4 Å². The topological polar surface area (TPSA) is 118 Å². The maximum atomic E-state index is 11.3. The highest BCUT2D eigenvalue weighted by molar-refractivity contribution is 7.51. The Kier molecular flexibility index (Phi) is 5.34. The van der Waals surface area contributed by atoms with Crippen molar-refractivity contribution in [3.63, 3.8) is 0 Å². The molecule has 1 aromatic carbocycles. The lowest BCUT2D eigenvalue weighted by atomic mass is 9.79. The number of nitrogens with two attached hydrogens (primary N) is 1. The zero-order chi connectivity index (χ0) is 21.6. The molecule has 4 N–H and O–H groups in total. The largest absolute Gasteiger partial charge is 0.383 e.